The molecule has 0 saturated carbocycles. The van der Waals surface area contributed by atoms with Gasteiger partial charge in [-0.05, 0) is 25.2 Å². The molecule has 114 valence electrons. The second-order valence-corrected chi connectivity index (χ2v) is 8.17. The molecule has 1 aliphatic heterocycles. The minimum Gasteiger partial charge on any atom is -0.271 e. The van der Waals surface area contributed by atoms with Crippen molar-refractivity contribution in [2.24, 2.45) is 11.8 Å². The Morgan fingerprint density at radius 1 is 1.32 bits per heavy atom. The zero-order valence-corrected chi connectivity index (χ0v) is 13.2. The molecule has 1 saturated heterocycles. The van der Waals surface area contributed by atoms with E-state index in [-0.39, 0.29) is 11.3 Å². The van der Waals surface area contributed by atoms with Gasteiger partial charge in [-0.25, -0.2) is 8.42 Å². The second-order valence-electron chi connectivity index (χ2n) is 5.83. The van der Waals surface area contributed by atoms with E-state index in [0.717, 1.165) is 32.1 Å². The van der Waals surface area contributed by atoms with Crippen LogP contribution in [0, 0.1) is 5.92 Å². The van der Waals surface area contributed by atoms with Crippen molar-refractivity contribution in [2.45, 2.75) is 76.5 Å². The van der Waals surface area contributed by atoms with Crippen molar-refractivity contribution >= 4 is 9.84 Å². The third kappa shape index (κ3) is 5.04. The average Bonchev–Trinajstić information content (AvgIpc) is 2.40. The summed E-state index contributed by atoms with van der Waals surface area (Å²) in [4.78, 5) is 0. The molecule has 0 aromatic heterocycles. The van der Waals surface area contributed by atoms with Crippen LogP contribution in [0.1, 0.15) is 65.2 Å². The van der Waals surface area contributed by atoms with Crippen molar-refractivity contribution in [1.82, 2.24) is 5.43 Å². The van der Waals surface area contributed by atoms with Crippen molar-refractivity contribution in [1.29, 1.82) is 0 Å². The molecule has 1 aliphatic rings. The summed E-state index contributed by atoms with van der Waals surface area (Å²) in [5, 5.41) is -0.276. The Morgan fingerprint density at radius 3 is 2.58 bits per heavy atom. The number of hydrogen-bond acceptors (Lipinski definition) is 4. The largest absolute Gasteiger partial charge is 0.271 e. The summed E-state index contributed by atoms with van der Waals surface area (Å²) in [6.07, 6.45) is 8.16. The summed E-state index contributed by atoms with van der Waals surface area (Å²) in [6, 6.07) is -0.0768. The first-order valence-corrected chi connectivity index (χ1v) is 9.44. The highest BCUT2D eigenvalue weighted by molar-refractivity contribution is 7.92. The highest BCUT2D eigenvalue weighted by atomic mass is 32.2. The van der Waals surface area contributed by atoms with Gasteiger partial charge in [0.25, 0.3) is 0 Å². The molecule has 0 spiro atoms. The summed E-state index contributed by atoms with van der Waals surface area (Å²) in [5.74, 6) is 6.56. The molecule has 1 heterocycles. The smallest absolute Gasteiger partial charge is 0.154 e. The fourth-order valence-electron chi connectivity index (χ4n) is 3.10. The number of hydrazine groups is 1. The summed E-state index contributed by atoms with van der Waals surface area (Å²) in [6.45, 7) is 4.38. The van der Waals surface area contributed by atoms with Crippen LogP contribution in [0.25, 0.3) is 0 Å². The molecule has 0 aromatic carbocycles. The van der Waals surface area contributed by atoms with Gasteiger partial charge in [-0.2, -0.15) is 0 Å². The molecule has 3 unspecified atom stereocenters. The van der Waals surface area contributed by atoms with E-state index in [1.54, 1.807) is 0 Å². The van der Waals surface area contributed by atoms with E-state index in [4.69, 9.17) is 5.84 Å². The summed E-state index contributed by atoms with van der Waals surface area (Å²) >= 11 is 0. The Bertz CT molecular complexity index is 343. The number of hydrogen-bond donors (Lipinski definition) is 2. The molecular formula is C14H30N2O2S. The lowest BCUT2D eigenvalue weighted by molar-refractivity contribution is 0.330. The number of sulfone groups is 1. The average molecular weight is 290 g/mol. The van der Waals surface area contributed by atoms with Gasteiger partial charge in [0.2, 0.25) is 0 Å². The fraction of sp³-hybridized carbons (Fsp3) is 1.00. The second kappa shape index (κ2) is 8.22. The molecular weight excluding hydrogens is 260 g/mol. The monoisotopic (exact) mass is 290 g/mol. The number of rotatable bonds is 8. The first-order valence-electron chi connectivity index (χ1n) is 7.72. The minimum absolute atomic E-state index is 0.0768. The molecule has 5 heteroatoms. The molecule has 0 amide bonds. The lowest BCUT2D eigenvalue weighted by Gasteiger charge is -2.31. The number of nitrogens with one attached hydrogen (secondary N) is 1. The van der Waals surface area contributed by atoms with Gasteiger partial charge in [0, 0.05) is 6.04 Å². The van der Waals surface area contributed by atoms with Crippen LogP contribution in [0.15, 0.2) is 0 Å². The molecule has 0 aromatic rings. The van der Waals surface area contributed by atoms with Gasteiger partial charge in [-0.3, -0.25) is 11.3 Å². The summed E-state index contributed by atoms with van der Waals surface area (Å²) < 4.78 is 24.3. The lowest BCUT2D eigenvalue weighted by Crippen LogP contribution is -2.50. The van der Waals surface area contributed by atoms with Crippen molar-refractivity contribution in [3.63, 3.8) is 0 Å². The molecule has 4 nitrogen and oxygen atoms in total. The van der Waals surface area contributed by atoms with Crippen LogP contribution in [0.4, 0.5) is 0 Å². The Balaban J connectivity index is 2.65. The molecule has 0 aliphatic carbocycles. The van der Waals surface area contributed by atoms with Gasteiger partial charge in [-0.1, -0.05) is 46.0 Å². The Hall–Kier alpha value is -0.130. The van der Waals surface area contributed by atoms with Crippen LogP contribution in [-0.2, 0) is 9.84 Å². The summed E-state index contributed by atoms with van der Waals surface area (Å²) in [7, 11) is -2.95. The Labute approximate surface area is 118 Å². The van der Waals surface area contributed by atoms with Crippen molar-refractivity contribution in [2.75, 3.05) is 5.75 Å². The van der Waals surface area contributed by atoms with Gasteiger partial charge in [0.1, 0.15) is 0 Å². The number of nitrogens with two attached hydrogens (primary N) is 1. The number of unbranched alkanes of at least 4 members (excludes halogenated alkanes) is 1. The maximum absolute atomic E-state index is 12.2. The predicted molar refractivity (Wildman–Crippen MR) is 80.5 cm³/mol. The quantitative estimate of drug-likeness (QED) is 0.532. The van der Waals surface area contributed by atoms with Gasteiger partial charge >= 0.3 is 0 Å². The van der Waals surface area contributed by atoms with Crippen molar-refractivity contribution < 1.29 is 8.42 Å². The third-order valence-corrected chi connectivity index (χ3v) is 6.77. The molecule has 1 fully saturated rings. The summed E-state index contributed by atoms with van der Waals surface area (Å²) in [5.41, 5.74) is 2.79. The van der Waals surface area contributed by atoms with Crippen molar-refractivity contribution in [3.8, 4) is 0 Å². The van der Waals surface area contributed by atoms with Crippen LogP contribution < -0.4 is 11.3 Å². The van der Waals surface area contributed by atoms with E-state index < -0.39 is 9.84 Å². The van der Waals surface area contributed by atoms with Gasteiger partial charge < -0.3 is 0 Å². The Kier molecular flexibility index (Phi) is 7.32. The van der Waals surface area contributed by atoms with Crippen LogP contribution in [-0.4, -0.2) is 25.5 Å². The maximum atomic E-state index is 12.2. The topological polar surface area (TPSA) is 72.2 Å². The Morgan fingerprint density at radius 2 is 2.05 bits per heavy atom. The van der Waals surface area contributed by atoms with E-state index in [9.17, 15) is 8.42 Å². The van der Waals surface area contributed by atoms with Gasteiger partial charge in [0.05, 0.1) is 11.0 Å². The third-order valence-electron chi connectivity index (χ3n) is 4.42. The first kappa shape index (κ1) is 16.9. The first-order chi connectivity index (χ1) is 9.05. The fourth-order valence-corrected chi connectivity index (χ4v) is 5.22. The minimum atomic E-state index is -2.95. The molecule has 0 bridgehead atoms. The SMILES string of the molecule is CCCCC(CC)CC(NN)C1CCCCS1(=O)=O. The normalized spacial score (nSPS) is 25.9. The van der Waals surface area contributed by atoms with E-state index in [0.29, 0.717) is 11.7 Å². The zero-order valence-electron chi connectivity index (χ0n) is 12.4. The highest BCUT2D eigenvalue weighted by Crippen LogP contribution is 2.27. The van der Waals surface area contributed by atoms with E-state index in [1.807, 2.05) is 0 Å². The van der Waals surface area contributed by atoms with Crippen molar-refractivity contribution in [3.05, 3.63) is 0 Å². The van der Waals surface area contributed by atoms with Gasteiger partial charge in [0.15, 0.2) is 9.84 Å². The molecule has 3 N–H and O–H groups in total. The highest BCUT2D eigenvalue weighted by Gasteiger charge is 2.35. The van der Waals surface area contributed by atoms with E-state index >= 15 is 0 Å². The van der Waals surface area contributed by atoms with Crippen LogP contribution >= 0.6 is 0 Å². The lowest BCUT2D eigenvalue weighted by atomic mass is 9.90. The molecule has 1 rings (SSSR count). The van der Waals surface area contributed by atoms with Crippen LogP contribution in [0.2, 0.25) is 0 Å². The molecule has 19 heavy (non-hydrogen) atoms. The molecule has 3 atom stereocenters. The van der Waals surface area contributed by atoms with Crippen LogP contribution in [0.3, 0.4) is 0 Å². The molecule has 0 radical (unpaired) electrons. The predicted octanol–water partition coefficient (Wildman–Crippen LogP) is 2.39. The van der Waals surface area contributed by atoms with E-state index in [2.05, 4.69) is 19.3 Å². The standard InChI is InChI=1S/C14H30N2O2S/c1-3-5-8-12(4-2)11-13(16-15)14-9-6-7-10-19(14,17)18/h12-14,16H,3-11,15H2,1-2H3. The zero-order chi connectivity index (χ0) is 14.3. The van der Waals surface area contributed by atoms with Gasteiger partial charge in [-0.15, -0.1) is 0 Å². The maximum Gasteiger partial charge on any atom is 0.154 e. The van der Waals surface area contributed by atoms with E-state index in [1.165, 1.54) is 19.3 Å². The van der Waals surface area contributed by atoms with Crippen LogP contribution in [0.5, 0.6) is 0 Å².